The highest BCUT2D eigenvalue weighted by Gasteiger charge is 2.59. The Balaban J connectivity index is 1.49. The van der Waals surface area contributed by atoms with Gasteiger partial charge in [0.1, 0.15) is 0 Å². The smallest absolute Gasteiger partial charge is 0.0412 e. The Morgan fingerprint density at radius 1 is 0.889 bits per heavy atom. The molecule has 1 saturated carbocycles. The Morgan fingerprint density at radius 2 is 1.59 bits per heavy atom. The molecular weight excluding hydrogens is 326 g/mol. The SMILES string of the molecule is CC12CC3(CN(CC4CCCCC4)C=C3c3ccccc31)c1ccccc12. The van der Waals surface area contributed by atoms with E-state index in [1.165, 1.54) is 62.7 Å². The van der Waals surface area contributed by atoms with Crippen LogP contribution in [0.2, 0.25) is 0 Å². The number of nitrogens with zero attached hydrogens (tertiary/aromatic N) is 1. The van der Waals surface area contributed by atoms with Crippen molar-refractivity contribution in [3.05, 3.63) is 77.0 Å². The fraction of sp³-hybridized carbons (Fsp3) is 0.462. The molecule has 2 aromatic rings. The molecule has 1 heterocycles. The lowest BCUT2D eigenvalue weighted by Crippen LogP contribution is -2.38. The van der Waals surface area contributed by atoms with Crippen molar-refractivity contribution < 1.29 is 0 Å². The minimum atomic E-state index is 0.158. The molecule has 2 bridgehead atoms. The number of benzene rings is 2. The third-order valence-corrected chi connectivity index (χ3v) is 8.02. The molecule has 27 heavy (non-hydrogen) atoms. The molecule has 2 aromatic carbocycles. The van der Waals surface area contributed by atoms with Crippen molar-refractivity contribution in [2.24, 2.45) is 5.92 Å². The predicted octanol–water partition coefficient (Wildman–Crippen LogP) is 5.88. The molecular formula is C26H29N. The van der Waals surface area contributed by atoms with Gasteiger partial charge < -0.3 is 4.90 Å². The quantitative estimate of drug-likeness (QED) is 0.650. The minimum Gasteiger partial charge on any atom is -0.376 e. The van der Waals surface area contributed by atoms with E-state index in [2.05, 4.69) is 66.6 Å². The van der Waals surface area contributed by atoms with Crippen molar-refractivity contribution in [1.82, 2.24) is 4.90 Å². The Morgan fingerprint density at radius 3 is 2.41 bits per heavy atom. The van der Waals surface area contributed by atoms with Gasteiger partial charge in [0.15, 0.2) is 0 Å². The fourth-order valence-electron chi connectivity index (χ4n) is 6.93. The van der Waals surface area contributed by atoms with Crippen molar-refractivity contribution >= 4 is 5.57 Å². The van der Waals surface area contributed by atoms with Crippen LogP contribution in [0.15, 0.2) is 54.7 Å². The molecule has 1 spiro atoms. The van der Waals surface area contributed by atoms with Crippen LogP contribution in [-0.4, -0.2) is 18.0 Å². The first-order chi connectivity index (χ1) is 13.2. The Labute approximate surface area is 163 Å². The van der Waals surface area contributed by atoms with Gasteiger partial charge in [-0.3, -0.25) is 0 Å². The van der Waals surface area contributed by atoms with Gasteiger partial charge in [0.2, 0.25) is 0 Å². The molecule has 2 atom stereocenters. The van der Waals surface area contributed by atoms with Crippen LogP contribution in [0, 0.1) is 5.92 Å². The van der Waals surface area contributed by atoms with Gasteiger partial charge in [-0.1, -0.05) is 74.7 Å². The van der Waals surface area contributed by atoms with E-state index >= 15 is 0 Å². The van der Waals surface area contributed by atoms with E-state index in [-0.39, 0.29) is 10.8 Å². The number of fused-ring (bicyclic) bond motifs is 3. The summed E-state index contributed by atoms with van der Waals surface area (Å²) in [4.78, 5) is 2.69. The topological polar surface area (TPSA) is 3.24 Å². The lowest BCUT2D eigenvalue weighted by atomic mass is 9.63. The largest absolute Gasteiger partial charge is 0.376 e. The molecule has 0 aromatic heterocycles. The summed E-state index contributed by atoms with van der Waals surface area (Å²) in [5, 5.41) is 0. The first kappa shape index (κ1) is 16.0. The number of hydrogen-bond acceptors (Lipinski definition) is 1. The fourth-order valence-corrected chi connectivity index (χ4v) is 6.93. The molecule has 0 saturated heterocycles. The van der Waals surface area contributed by atoms with Crippen LogP contribution >= 0.6 is 0 Å². The summed E-state index contributed by atoms with van der Waals surface area (Å²) in [7, 11) is 0. The van der Waals surface area contributed by atoms with Crippen molar-refractivity contribution in [3.63, 3.8) is 0 Å². The molecule has 1 nitrogen and oxygen atoms in total. The van der Waals surface area contributed by atoms with Gasteiger partial charge in [-0.25, -0.2) is 0 Å². The summed E-state index contributed by atoms with van der Waals surface area (Å²) in [5.74, 6) is 0.894. The second-order valence-electron chi connectivity index (χ2n) is 9.66. The molecule has 1 fully saturated rings. The van der Waals surface area contributed by atoms with Gasteiger partial charge in [-0.2, -0.15) is 0 Å². The lowest BCUT2D eigenvalue weighted by Gasteiger charge is -2.39. The zero-order chi connectivity index (χ0) is 18.1. The van der Waals surface area contributed by atoms with Crippen LogP contribution in [-0.2, 0) is 10.8 Å². The molecule has 138 valence electrons. The van der Waals surface area contributed by atoms with Crippen LogP contribution in [0.4, 0.5) is 0 Å². The molecule has 2 unspecified atom stereocenters. The number of rotatable bonds is 2. The van der Waals surface area contributed by atoms with Crippen LogP contribution in [0.25, 0.3) is 5.57 Å². The maximum atomic E-state index is 2.69. The summed E-state index contributed by atoms with van der Waals surface area (Å²) in [6.07, 6.45) is 11.0. The van der Waals surface area contributed by atoms with Crippen molar-refractivity contribution in [3.8, 4) is 0 Å². The summed E-state index contributed by atoms with van der Waals surface area (Å²) >= 11 is 0. The van der Waals surface area contributed by atoms with Crippen LogP contribution in [0.5, 0.6) is 0 Å². The predicted molar refractivity (Wildman–Crippen MR) is 112 cm³/mol. The summed E-state index contributed by atoms with van der Waals surface area (Å²) in [5.41, 5.74) is 8.17. The molecule has 0 amide bonds. The average Bonchev–Trinajstić information content (AvgIpc) is 3.18. The molecule has 1 heteroatoms. The second kappa shape index (κ2) is 5.50. The monoisotopic (exact) mass is 355 g/mol. The summed E-state index contributed by atoms with van der Waals surface area (Å²) in [6.45, 7) is 4.92. The molecule has 3 aliphatic carbocycles. The summed E-state index contributed by atoms with van der Waals surface area (Å²) in [6, 6.07) is 18.5. The zero-order valence-electron chi connectivity index (χ0n) is 16.4. The highest BCUT2D eigenvalue weighted by molar-refractivity contribution is 5.86. The standard InChI is InChI=1S/C26H29N/c1-25-17-26(23-14-8-7-13-22(23)25)18-27(15-19-9-3-2-4-10-19)16-24(26)20-11-5-6-12-21(20)25/h5-8,11-14,16,19H,2-4,9-10,15,17-18H2,1H3. The molecule has 4 aliphatic rings. The van der Waals surface area contributed by atoms with Crippen molar-refractivity contribution in [2.75, 3.05) is 13.1 Å². The summed E-state index contributed by atoms with van der Waals surface area (Å²) < 4.78 is 0. The third kappa shape index (κ3) is 2.06. The van der Waals surface area contributed by atoms with Crippen molar-refractivity contribution in [1.29, 1.82) is 0 Å². The molecule has 6 rings (SSSR count). The van der Waals surface area contributed by atoms with Gasteiger partial charge in [-0.05, 0) is 53.0 Å². The maximum absolute atomic E-state index is 2.69. The van der Waals surface area contributed by atoms with Crippen LogP contribution in [0.3, 0.4) is 0 Å². The third-order valence-electron chi connectivity index (χ3n) is 8.02. The van der Waals surface area contributed by atoms with Crippen LogP contribution in [0.1, 0.15) is 67.7 Å². The normalized spacial score (nSPS) is 31.3. The minimum absolute atomic E-state index is 0.158. The van der Waals surface area contributed by atoms with Gasteiger partial charge in [0.05, 0.1) is 0 Å². The van der Waals surface area contributed by atoms with E-state index in [1.54, 1.807) is 16.7 Å². The first-order valence-electron chi connectivity index (χ1n) is 10.9. The van der Waals surface area contributed by atoms with Gasteiger partial charge in [0.25, 0.3) is 0 Å². The molecule has 0 N–H and O–H groups in total. The Bertz CT molecular complexity index is 935. The average molecular weight is 356 g/mol. The zero-order valence-corrected chi connectivity index (χ0v) is 16.4. The van der Waals surface area contributed by atoms with Gasteiger partial charge >= 0.3 is 0 Å². The number of hydrogen-bond donors (Lipinski definition) is 0. The van der Waals surface area contributed by atoms with E-state index in [0.717, 1.165) is 5.92 Å². The van der Waals surface area contributed by atoms with Crippen LogP contribution < -0.4 is 0 Å². The second-order valence-corrected chi connectivity index (χ2v) is 9.66. The van der Waals surface area contributed by atoms with Gasteiger partial charge in [0, 0.05) is 30.1 Å². The van der Waals surface area contributed by atoms with E-state index in [4.69, 9.17) is 0 Å². The van der Waals surface area contributed by atoms with Gasteiger partial charge in [-0.15, -0.1) is 0 Å². The van der Waals surface area contributed by atoms with E-state index in [1.807, 2.05) is 0 Å². The lowest BCUT2D eigenvalue weighted by molar-refractivity contribution is 0.241. The van der Waals surface area contributed by atoms with Crippen molar-refractivity contribution in [2.45, 2.75) is 56.3 Å². The maximum Gasteiger partial charge on any atom is 0.0412 e. The Hall–Kier alpha value is -2.02. The molecule has 0 radical (unpaired) electrons. The van der Waals surface area contributed by atoms with E-state index < -0.39 is 0 Å². The molecule has 1 aliphatic heterocycles. The van der Waals surface area contributed by atoms with E-state index in [9.17, 15) is 0 Å². The van der Waals surface area contributed by atoms with E-state index in [0.29, 0.717) is 0 Å². The Kier molecular flexibility index (Phi) is 3.26. The highest BCUT2D eigenvalue weighted by atomic mass is 15.1. The highest BCUT2D eigenvalue weighted by Crippen LogP contribution is 2.64. The first-order valence-corrected chi connectivity index (χ1v) is 10.9.